The third-order valence-corrected chi connectivity index (χ3v) is 2.26. The molecule has 1 amide bonds. The van der Waals surface area contributed by atoms with Crippen LogP contribution < -0.4 is 10.1 Å². The minimum Gasteiger partial charge on any atom is -0.496 e. The van der Waals surface area contributed by atoms with Gasteiger partial charge in [0.25, 0.3) is 11.6 Å². The lowest BCUT2D eigenvalue weighted by Gasteiger charge is -2.08. The van der Waals surface area contributed by atoms with Crippen LogP contribution in [0.1, 0.15) is 16.8 Å². The molecule has 8 nitrogen and oxygen atoms in total. The van der Waals surface area contributed by atoms with Crippen LogP contribution in [0, 0.1) is 10.1 Å². The van der Waals surface area contributed by atoms with Crippen LogP contribution in [-0.2, 0) is 4.79 Å². The summed E-state index contributed by atoms with van der Waals surface area (Å²) in [5.74, 6) is -1.49. The van der Waals surface area contributed by atoms with Gasteiger partial charge in [-0.15, -0.1) is 0 Å². The van der Waals surface area contributed by atoms with E-state index in [2.05, 4.69) is 5.32 Å². The molecule has 0 fully saturated rings. The summed E-state index contributed by atoms with van der Waals surface area (Å²) in [5.41, 5.74) is -0.258. The third-order valence-electron chi connectivity index (χ3n) is 2.26. The number of carboxylic acid groups (broad SMARTS) is 1. The molecule has 1 rings (SSSR count). The van der Waals surface area contributed by atoms with E-state index < -0.39 is 16.8 Å². The van der Waals surface area contributed by atoms with Gasteiger partial charge in [0.2, 0.25) is 0 Å². The minimum absolute atomic E-state index is 0.0120. The molecule has 0 saturated carbocycles. The first-order valence-electron chi connectivity index (χ1n) is 5.28. The Balaban J connectivity index is 2.89. The van der Waals surface area contributed by atoms with E-state index in [1.54, 1.807) is 0 Å². The second-order valence-corrected chi connectivity index (χ2v) is 3.54. The number of hydrogen-bond donors (Lipinski definition) is 2. The van der Waals surface area contributed by atoms with Crippen molar-refractivity contribution in [3.05, 3.63) is 33.9 Å². The number of non-ortho nitro benzene ring substituents is 1. The Kier molecular flexibility index (Phi) is 4.81. The van der Waals surface area contributed by atoms with Crippen molar-refractivity contribution < 1.29 is 24.4 Å². The van der Waals surface area contributed by atoms with Crippen molar-refractivity contribution in [1.82, 2.24) is 5.32 Å². The maximum atomic E-state index is 11.8. The van der Waals surface area contributed by atoms with Crippen LogP contribution in [0.2, 0.25) is 0 Å². The number of nitro groups is 1. The highest BCUT2D eigenvalue weighted by Gasteiger charge is 2.17. The Morgan fingerprint density at radius 1 is 1.47 bits per heavy atom. The van der Waals surface area contributed by atoms with Crippen LogP contribution in [0.3, 0.4) is 0 Å². The highest BCUT2D eigenvalue weighted by molar-refractivity contribution is 5.97. The van der Waals surface area contributed by atoms with E-state index in [9.17, 15) is 19.7 Å². The molecule has 0 saturated heterocycles. The van der Waals surface area contributed by atoms with E-state index in [1.165, 1.54) is 19.2 Å². The number of nitrogens with zero attached hydrogens (tertiary/aromatic N) is 1. The fourth-order valence-electron chi connectivity index (χ4n) is 1.37. The van der Waals surface area contributed by atoms with Gasteiger partial charge in [0.15, 0.2) is 0 Å². The molecule has 0 aliphatic rings. The predicted octanol–water partition coefficient (Wildman–Crippen LogP) is 0.808. The number of nitro benzene ring substituents is 1. The molecular formula is C11H12N2O6. The molecule has 0 unspecified atom stereocenters. The topological polar surface area (TPSA) is 119 Å². The van der Waals surface area contributed by atoms with Crippen LogP contribution in [-0.4, -0.2) is 35.6 Å². The normalized spacial score (nSPS) is 9.74. The molecule has 19 heavy (non-hydrogen) atoms. The molecule has 0 spiro atoms. The first-order chi connectivity index (χ1) is 8.95. The lowest BCUT2D eigenvalue weighted by Crippen LogP contribution is -2.26. The van der Waals surface area contributed by atoms with Gasteiger partial charge in [-0.2, -0.15) is 0 Å². The first kappa shape index (κ1) is 14.4. The average Bonchev–Trinajstić information content (AvgIpc) is 2.37. The van der Waals surface area contributed by atoms with Gasteiger partial charge in [-0.25, -0.2) is 0 Å². The summed E-state index contributed by atoms with van der Waals surface area (Å²) in [7, 11) is 1.33. The Hall–Kier alpha value is -2.64. The number of methoxy groups -OCH3 is 1. The Morgan fingerprint density at radius 2 is 2.16 bits per heavy atom. The van der Waals surface area contributed by atoms with Gasteiger partial charge >= 0.3 is 5.97 Å². The number of ether oxygens (including phenoxy) is 1. The second kappa shape index (κ2) is 6.34. The van der Waals surface area contributed by atoms with Crippen LogP contribution in [0.5, 0.6) is 5.75 Å². The summed E-state index contributed by atoms with van der Waals surface area (Å²) < 4.78 is 4.93. The first-order valence-corrected chi connectivity index (χ1v) is 5.28. The van der Waals surface area contributed by atoms with Crippen molar-refractivity contribution in [2.24, 2.45) is 0 Å². The predicted molar refractivity (Wildman–Crippen MR) is 64.2 cm³/mol. The van der Waals surface area contributed by atoms with Crippen molar-refractivity contribution in [1.29, 1.82) is 0 Å². The summed E-state index contributed by atoms with van der Waals surface area (Å²) in [6, 6.07) is 3.60. The number of amides is 1. The van der Waals surface area contributed by atoms with Gasteiger partial charge in [-0.3, -0.25) is 19.7 Å². The smallest absolute Gasteiger partial charge is 0.305 e. The van der Waals surface area contributed by atoms with Crippen molar-refractivity contribution in [3.8, 4) is 5.75 Å². The fraction of sp³-hybridized carbons (Fsp3) is 0.273. The number of carbonyl (C=O) groups is 2. The maximum absolute atomic E-state index is 11.8. The van der Waals surface area contributed by atoms with E-state index in [0.717, 1.165) is 6.07 Å². The van der Waals surface area contributed by atoms with E-state index in [1.807, 2.05) is 0 Å². The summed E-state index contributed by atoms with van der Waals surface area (Å²) in [4.78, 5) is 32.1. The minimum atomic E-state index is -1.05. The summed E-state index contributed by atoms with van der Waals surface area (Å²) in [5, 5.41) is 21.4. The lowest BCUT2D eigenvalue weighted by molar-refractivity contribution is -0.384. The number of rotatable bonds is 6. The third kappa shape index (κ3) is 3.95. The molecule has 0 aliphatic carbocycles. The molecule has 102 valence electrons. The van der Waals surface area contributed by atoms with Gasteiger partial charge in [0, 0.05) is 18.7 Å². The zero-order valence-electron chi connectivity index (χ0n) is 10.1. The number of aliphatic carboxylic acids is 1. The second-order valence-electron chi connectivity index (χ2n) is 3.54. The van der Waals surface area contributed by atoms with E-state index >= 15 is 0 Å². The van der Waals surface area contributed by atoms with Crippen molar-refractivity contribution in [2.75, 3.05) is 13.7 Å². The molecule has 0 aliphatic heterocycles. The molecule has 8 heteroatoms. The van der Waals surface area contributed by atoms with E-state index in [4.69, 9.17) is 9.84 Å². The Morgan fingerprint density at radius 3 is 2.68 bits per heavy atom. The molecule has 1 aromatic rings. The average molecular weight is 268 g/mol. The zero-order chi connectivity index (χ0) is 14.4. The zero-order valence-corrected chi connectivity index (χ0v) is 10.1. The Bertz CT molecular complexity index is 514. The van der Waals surface area contributed by atoms with Gasteiger partial charge < -0.3 is 15.2 Å². The highest BCUT2D eigenvalue weighted by atomic mass is 16.6. The largest absolute Gasteiger partial charge is 0.496 e. The Labute approximate surface area is 108 Å². The van der Waals surface area contributed by atoms with Crippen LogP contribution in [0.25, 0.3) is 0 Å². The van der Waals surface area contributed by atoms with Gasteiger partial charge in [0.05, 0.1) is 24.0 Å². The van der Waals surface area contributed by atoms with Crippen LogP contribution in [0.4, 0.5) is 5.69 Å². The summed E-state index contributed by atoms with van der Waals surface area (Å²) >= 11 is 0. The van der Waals surface area contributed by atoms with Crippen molar-refractivity contribution in [2.45, 2.75) is 6.42 Å². The number of benzene rings is 1. The van der Waals surface area contributed by atoms with E-state index in [-0.39, 0.29) is 30.0 Å². The number of carboxylic acids is 1. The van der Waals surface area contributed by atoms with Gasteiger partial charge in [-0.05, 0) is 6.07 Å². The number of hydrogen-bond acceptors (Lipinski definition) is 5. The van der Waals surface area contributed by atoms with Crippen molar-refractivity contribution >= 4 is 17.6 Å². The standard InChI is InChI=1S/C11H12N2O6/c1-19-9-3-2-7(13(17)18)6-8(9)11(16)12-5-4-10(14)15/h2-3,6H,4-5H2,1H3,(H,12,16)(H,14,15). The van der Waals surface area contributed by atoms with Crippen LogP contribution >= 0.6 is 0 Å². The maximum Gasteiger partial charge on any atom is 0.305 e. The molecular weight excluding hydrogens is 256 g/mol. The molecule has 0 heterocycles. The summed E-state index contributed by atoms with van der Waals surface area (Å²) in [6.07, 6.45) is -0.233. The SMILES string of the molecule is COc1ccc([N+](=O)[O-])cc1C(=O)NCCC(=O)O. The molecule has 0 radical (unpaired) electrons. The fourth-order valence-corrected chi connectivity index (χ4v) is 1.37. The number of carbonyl (C=O) groups excluding carboxylic acids is 1. The lowest BCUT2D eigenvalue weighted by atomic mass is 10.1. The molecule has 0 aromatic heterocycles. The quantitative estimate of drug-likeness (QED) is 0.582. The molecule has 1 aromatic carbocycles. The summed E-state index contributed by atoms with van der Waals surface area (Å²) in [6.45, 7) is -0.0694. The number of nitrogens with one attached hydrogen (secondary N) is 1. The van der Waals surface area contributed by atoms with E-state index in [0.29, 0.717) is 0 Å². The molecule has 0 bridgehead atoms. The monoisotopic (exact) mass is 268 g/mol. The van der Waals surface area contributed by atoms with Crippen LogP contribution in [0.15, 0.2) is 18.2 Å². The van der Waals surface area contributed by atoms with Crippen molar-refractivity contribution in [3.63, 3.8) is 0 Å². The van der Waals surface area contributed by atoms with Gasteiger partial charge in [0.1, 0.15) is 5.75 Å². The highest BCUT2D eigenvalue weighted by Crippen LogP contribution is 2.23. The molecule has 2 N–H and O–H groups in total. The molecule has 0 atom stereocenters. The van der Waals surface area contributed by atoms with Gasteiger partial charge in [-0.1, -0.05) is 0 Å².